The van der Waals surface area contributed by atoms with Crippen LogP contribution in [0.25, 0.3) is 46.1 Å². The minimum absolute atomic E-state index is 0.0117. The van der Waals surface area contributed by atoms with Gasteiger partial charge in [0.05, 0.1) is 28.1 Å². The number of aromatic nitrogens is 4. The predicted octanol–water partition coefficient (Wildman–Crippen LogP) is 5.43. The van der Waals surface area contributed by atoms with Gasteiger partial charge in [0, 0.05) is 5.56 Å². The average Bonchev–Trinajstić information content (AvgIpc) is 3.35. The van der Waals surface area contributed by atoms with E-state index in [0.29, 0.717) is 10.9 Å². The lowest BCUT2D eigenvalue weighted by atomic mass is 10.00. The standard InChI is InChI=1S/C32H28F3N5O3/c1-16(2)42-25-12-10-21(14-23(25)35)28-27-31(36)37-15-38-32(27)40(39-28)19(5)30-26(20-7-6-8-22(34)13-20)29(41)18(4)24(43-30)11-9-17(3)33/h6-16,19H,4H2,1-3,5H3,(H2,36,37,38)/b17-9+,24-11+. The summed E-state index contributed by atoms with van der Waals surface area (Å²) < 4.78 is 56.1. The van der Waals surface area contributed by atoms with E-state index in [-0.39, 0.29) is 56.5 Å². The van der Waals surface area contributed by atoms with Crippen LogP contribution in [0.3, 0.4) is 0 Å². The first-order chi connectivity index (χ1) is 20.5. The van der Waals surface area contributed by atoms with Crippen LogP contribution in [0.15, 0.2) is 69.9 Å². The van der Waals surface area contributed by atoms with Crippen molar-refractivity contribution >= 4 is 29.5 Å². The van der Waals surface area contributed by atoms with Gasteiger partial charge in [0.25, 0.3) is 0 Å². The lowest BCUT2D eigenvalue weighted by Gasteiger charge is -2.16. The lowest BCUT2D eigenvalue weighted by Crippen LogP contribution is -2.40. The number of allylic oxidation sites excluding steroid dienone is 2. The maximum absolute atomic E-state index is 15.0. The second-order valence-electron chi connectivity index (χ2n) is 10.2. The molecule has 0 spiro atoms. The maximum Gasteiger partial charge on any atom is 0.200 e. The molecule has 0 saturated heterocycles. The Labute approximate surface area is 244 Å². The number of ether oxygens (including phenoxy) is 1. The summed E-state index contributed by atoms with van der Waals surface area (Å²) in [6.07, 6.45) is 3.45. The molecule has 11 heteroatoms. The molecule has 0 radical (unpaired) electrons. The average molecular weight is 588 g/mol. The molecule has 0 aliphatic carbocycles. The van der Waals surface area contributed by atoms with E-state index in [1.807, 2.05) is 0 Å². The Hall–Kier alpha value is -5.19. The molecule has 2 aromatic carbocycles. The van der Waals surface area contributed by atoms with Gasteiger partial charge in [-0.15, -0.1) is 0 Å². The molecule has 1 unspecified atom stereocenters. The number of nitrogens with zero attached hydrogens (tertiary/aromatic N) is 4. The van der Waals surface area contributed by atoms with Crippen molar-refractivity contribution in [1.82, 2.24) is 19.7 Å². The zero-order valence-electron chi connectivity index (χ0n) is 23.9. The molecular formula is C32H28F3N5O3. The van der Waals surface area contributed by atoms with Gasteiger partial charge in [0.2, 0.25) is 0 Å². The Morgan fingerprint density at radius 1 is 1.12 bits per heavy atom. The molecule has 0 saturated carbocycles. The topological polar surface area (TPSA) is 109 Å². The molecule has 0 bridgehead atoms. The monoisotopic (exact) mass is 587 g/mol. The fourth-order valence-electron chi connectivity index (χ4n) is 4.72. The van der Waals surface area contributed by atoms with Crippen molar-refractivity contribution in [3.63, 3.8) is 0 Å². The number of rotatable bonds is 7. The van der Waals surface area contributed by atoms with E-state index in [2.05, 4.69) is 16.5 Å². The van der Waals surface area contributed by atoms with Gasteiger partial charge in [-0.3, -0.25) is 4.79 Å². The molecule has 5 aromatic rings. The summed E-state index contributed by atoms with van der Waals surface area (Å²) in [5.74, 6) is -1.42. The second-order valence-corrected chi connectivity index (χ2v) is 10.2. The maximum atomic E-state index is 15.0. The zero-order chi connectivity index (χ0) is 31.0. The molecule has 8 nitrogen and oxygen atoms in total. The first kappa shape index (κ1) is 29.3. The highest BCUT2D eigenvalue weighted by molar-refractivity contribution is 5.98. The van der Waals surface area contributed by atoms with Gasteiger partial charge in [0.1, 0.15) is 40.9 Å². The molecule has 0 fully saturated rings. The van der Waals surface area contributed by atoms with E-state index >= 15 is 4.39 Å². The van der Waals surface area contributed by atoms with Crippen molar-refractivity contribution in [2.75, 3.05) is 5.73 Å². The quantitative estimate of drug-likeness (QED) is 0.270. The molecular weight excluding hydrogens is 559 g/mol. The molecule has 0 aliphatic heterocycles. The van der Waals surface area contributed by atoms with E-state index in [4.69, 9.17) is 20.0 Å². The second kappa shape index (κ2) is 11.6. The molecule has 3 aromatic heterocycles. The summed E-state index contributed by atoms with van der Waals surface area (Å²) in [4.78, 5) is 22.2. The van der Waals surface area contributed by atoms with Crippen molar-refractivity contribution < 1.29 is 22.3 Å². The summed E-state index contributed by atoms with van der Waals surface area (Å²) in [5.41, 5.74) is 6.96. The highest BCUT2D eigenvalue weighted by Gasteiger charge is 2.27. The fourth-order valence-corrected chi connectivity index (χ4v) is 4.72. The van der Waals surface area contributed by atoms with Gasteiger partial charge in [0.15, 0.2) is 22.6 Å². The summed E-state index contributed by atoms with van der Waals surface area (Å²) in [7, 11) is 0. The minimum atomic E-state index is -0.854. The van der Waals surface area contributed by atoms with Gasteiger partial charge in [-0.2, -0.15) is 5.10 Å². The number of benzene rings is 2. The van der Waals surface area contributed by atoms with Crippen LogP contribution in [0.2, 0.25) is 0 Å². The number of fused-ring (bicyclic) bond motifs is 1. The number of halogens is 3. The van der Waals surface area contributed by atoms with E-state index in [0.717, 1.165) is 6.08 Å². The van der Waals surface area contributed by atoms with Crippen molar-refractivity contribution in [3.05, 3.63) is 98.9 Å². The van der Waals surface area contributed by atoms with Gasteiger partial charge in [-0.05, 0) is 75.7 Å². The molecule has 43 heavy (non-hydrogen) atoms. The Morgan fingerprint density at radius 3 is 2.56 bits per heavy atom. The highest BCUT2D eigenvalue weighted by Crippen LogP contribution is 2.36. The van der Waals surface area contributed by atoms with E-state index < -0.39 is 28.9 Å². The SMILES string of the molecule is C=c1c(=O)c(-c2cccc(F)c2)c(C(C)n2nc(-c3ccc(OC(C)C)c(F)c3)c3c(N)ncnc32)o/c1=C/C=C(\C)F. The van der Waals surface area contributed by atoms with Crippen LogP contribution in [0.1, 0.15) is 39.5 Å². The van der Waals surface area contributed by atoms with Crippen LogP contribution < -0.4 is 26.5 Å². The molecule has 220 valence electrons. The Balaban J connectivity index is 1.78. The minimum Gasteiger partial charge on any atom is -0.488 e. The van der Waals surface area contributed by atoms with Gasteiger partial charge in [-0.25, -0.2) is 27.8 Å². The summed E-state index contributed by atoms with van der Waals surface area (Å²) in [5, 5.41) is 5.04. The Morgan fingerprint density at radius 2 is 1.88 bits per heavy atom. The normalized spacial score (nSPS) is 13.2. The van der Waals surface area contributed by atoms with Crippen LogP contribution in [0, 0.1) is 11.6 Å². The van der Waals surface area contributed by atoms with E-state index in [1.165, 1.54) is 54.3 Å². The fraction of sp³-hybridized carbons (Fsp3) is 0.188. The third kappa shape index (κ3) is 5.66. The van der Waals surface area contributed by atoms with Crippen molar-refractivity contribution in [2.24, 2.45) is 0 Å². The Bertz CT molecular complexity index is 2060. The highest BCUT2D eigenvalue weighted by atomic mass is 19.1. The van der Waals surface area contributed by atoms with Crippen LogP contribution >= 0.6 is 0 Å². The predicted molar refractivity (Wildman–Crippen MR) is 159 cm³/mol. The van der Waals surface area contributed by atoms with Gasteiger partial charge in [-0.1, -0.05) is 18.7 Å². The van der Waals surface area contributed by atoms with Gasteiger partial charge < -0.3 is 14.9 Å². The third-order valence-corrected chi connectivity index (χ3v) is 6.67. The van der Waals surface area contributed by atoms with Gasteiger partial charge >= 0.3 is 0 Å². The molecule has 2 N–H and O–H groups in total. The largest absolute Gasteiger partial charge is 0.488 e. The van der Waals surface area contributed by atoms with Crippen molar-refractivity contribution in [2.45, 2.75) is 39.8 Å². The third-order valence-electron chi connectivity index (χ3n) is 6.67. The van der Waals surface area contributed by atoms with Crippen LogP contribution in [0.5, 0.6) is 5.75 Å². The molecule has 5 rings (SSSR count). The smallest absolute Gasteiger partial charge is 0.200 e. The first-order valence-corrected chi connectivity index (χ1v) is 13.4. The summed E-state index contributed by atoms with van der Waals surface area (Å²) in [6.45, 7) is 10.3. The van der Waals surface area contributed by atoms with E-state index in [9.17, 15) is 13.6 Å². The molecule has 0 amide bonds. The van der Waals surface area contributed by atoms with Crippen LogP contribution in [0.4, 0.5) is 19.0 Å². The zero-order valence-corrected chi connectivity index (χ0v) is 23.9. The number of hydrogen-bond acceptors (Lipinski definition) is 7. The van der Waals surface area contributed by atoms with Crippen molar-refractivity contribution in [3.8, 4) is 28.1 Å². The molecule has 3 heterocycles. The summed E-state index contributed by atoms with van der Waals surface area (Å²) >= 11 is 0. The number of anilines is 1. The number of hydrogen-bond donors (Lipinski definition) is 1. The number of nitrogens with two attached hydrogens (primary N) is 1. The number of nitrogen functional groups attached to an aromatic ring is 1. The Kier molecular flexibility index (Phi) is 7.90. The van der Waals surface area contributed by atoms with E-state index in [1.54, 1.807) is 32.9 Å². The van der Waals surface area contributed by atoms with Crippen molar-refractivity contribution in [1.29, 1.82) is 0 Å². The molecule has 1 atom stereocenters. The van der Waals surface area contributed by atoms with Crippen LogP contribution in [-0.2, 0) is 0 Å². The molecule has 0 aliphatic rings. The lowest BCUT2D eigenvalue weighted by molar-refractivity contribution is 0.231. The summed E-state index contributed by atoms with van der Waals surface area (Å²) in [6, 6.07) is 9.04. The first-order valence-electron chi connectivity index (χ1n) is 13.4. The van der Waals surface area contributed by atoms with Crippen LogP contribution in [-0.4, -0.2) is 25.9 Å².